The maximum absolute atomic E-state index is 12.3. The van der Waals surface area contributed by atoms with Crippen LogP contribution in [-0.2, 0) is 14.3 Å². The molecule has 0 saturated heterocycles. The van der Waals surface area contributed by atoms with Gasteiger partial charge in [0.25, 0.3) is 0 Å². The second-order valence-corrected chi connectivity index (χ2v) is 5.62. The Morgan fingerprint density at radius 3 is 2.32 bits per heavy atom. The van der Waals surface area contributed by atoms with E-state index in [9.17, 15) is 9.59 Å². The Kier molecular flexibility index (Phi) is 6.28. The molecule has 0 bridgehead atoms. The summed E-state index contributed by atoms with van der Waals surface area (Å²) >= 11 is 0. The van der Waals surface area contributed by atoms with Crippen molar-refractivity contribution in [2.75, 3.05) is 13.7 Å². The number of aliphatic carboxylic acids is 1. The van der Waals surface area contributed by atoms with Crippen molar-refractivity contribution in [1.29, 1.82) is 0 Å². The molecule has 0 aliphatic heterocycles. The van der Waals surface area contributed by atoms with Crippen molar-refractivity contribution in [3.8, 4) is 0 Å². The molecule has 0 aromatic rings. The molecule has 1 rings (SSSR count). The molecule has 19 heavy (non-hydrogen) atoms. The molecule has 0 aromatic carbocycles. The molecule has 1 aliphatic carbocycles. The van der Waals surface area contributed by atoms with Gasteiger partial charge in [-0.3, -0.25) is 4.79 Å². The standard InChI is InChI=1S/C14H25NO4/c1-14(8-5-3-4-6-9-14)13(18)15-11(12(16)17)7-10-19-2/h11H,3-10H2,1-2H3,(H,15,18)(H,16,17). The van der Waals surface area contributed by atoms with Gasteiger partial charge in [-0.15, -0.1) is 0 Å². The summed E-state index contributed by atoms with van der Waals surface area (Å²) in [4.78, 5) is 23.5. The van der Waals surface area contributed by atoms with Gasteiger partial charge in [0, 0.05) is 25.6 Å². The van der Waals surface area contributed by atoms with Crippen LogP contribution in [0.25, 0.3) is 0 Å². The van der Waals surface area contributed by atoms with E-state index in [1.54, 1.807) is 0 Å². The van der Waals surface area contributed by atoms with E-state index >= 15 is 0 Å². The summed E-state index contributed by atoms with van der Waals surface area (Å²) in [5, 5.41) is 11.8. The van der Waals surface area contributed by atoms with Crippen LogP contribution in [0.2, 0.25) is 0 Å². The highest BCUT2D eigenvalue weighted by Gasteiger charge is 2.35. The molecule has 0 spiro atoms. The van der Waals surface area contributed by atoms with E-state index in [0.29, 0.717) is 13.0 Å². The van der Waals surface area contributed by atoms with E-state index in [2.05, 4.69) is 5.32 Å². The van der Waals surface area contributed by atoms with E-state index in [1.165, 1.54) is 7.11 Å². The lowest BCUT2D eigenvalue weighted by Gasteiger charge is -2.28. The Morgan fingerprint density at radius 1 is 1.26 bits per heavy atom. The highest BCUT2D eigenvalue weighted by molar-refractivity contribution is 5.87. The molecular weight excluding hydrogens is 246 g/mol. The molecule has 110 valence electrons. The normalized spacial score (nSPS) is 20.3. The number of amides is 1. The lowest BCUT2D eigenvalue weighted by atomic mass is 9.81. The molecule has 0 radical (unpaired) electrons. The van der Waals surface area contributed by atoms with Gasteiger partial charge in [0.2, 0.25) is 5.91 Å². The van der Waals surface area contributed by atoms with Crippen LogP contribution in [0.3, 0.4) is 0 Å². The second kappa shape index (κ2) is 7.48. The van der Waals surface area contributed by atoms with Crippen LogP contribution in [0, 0.1) is 5.41 Å². The molecule has 1 atom stereocenters. The van der Waals surface area contributed by atoms with Crippen LogP contribution < -0.4 is 5.32 Å². The maximum Gasteiger partial charge on any atom is 0.326 e. The summed E-state index contributed by atoms with van der Waals surface area (Å²) in [7, 11) is 1.52. The minimum absolute atomic E-state index is 0.127. The molecule has 1 unspecified atom stereocenters. The number of methoxy groups -OCH3 is 1. The molecule has 1 fully saturated rings. The molecule has 0 aromatic heterocycles. The topological polar surface area (TPSA) is 75.6 Å². The monoisotopic (exact) mass is 271 g/mol. The van der Waals surface area contributed by atoms with E-state index in [-0.39, 0.29) is 5.91 Å². The highest BCUT2D eigenvalue weighted by atomic mass is 16.5. The zero-order chi connectivity index (χ0) is 14.3. The second-order valence-electron chi connectivity index (χ2n) is 5.62. The average molecular weight is 271 g/mol. The van der Waals surface area contributed by atoms with Crippen LogP contribution in [0.5, 0.6) is 0 Å². The fraction of sp³-hybridized carbons (Fsp3) is 0.857. The van der Waals surface area contributed by atoms with E-state index in [1.807, 2.05) is 6.92 Å². The summed E-state index contributed by atoms with van der Waals surface area (Å²) in [6.45, 7) is 2.27. The fourth-order valence-electron chi connectivity index (χ4n) is 2.56. The van der Waals surface area contributed by atoms with Crippen LogP contribution in [0.1, 0.15) is 51.9 Å². The third-order valence-corrected chi connectivity index (χ3v) is 3.97. The van der Waals surface area contributed by atoms with Gasteiger partial charge in [0.1, 0.15) is 6.04 Å². The summed E-state index contributed by atoms with van der Waals surface area (Å²) in [6, 6.07) is -0.854. The number of carboxylic acids is 1. The number of carboxylic acid groups (broad SMARTS) is 1. The molecule has 2 N–H and O–H groups in total. The summed E-state index contributed by atoms with van der Waals surface area (Å²) in [5.41, 5.74) is -0.419. The van der Waals surface area contributed by atoms with Crippen molar-refractivity contribution >= 4 is 11.9 Å². The smallest absolute Gasteiger partial charge is 0.326 e. The Balaban J connectivity index is 2.61. The quantitative estimate of drug-likeness (QED) is 0.724. The van der Waals surface area contributed by atoms with Crippen LogP contribution in [0.4, 0.5) is 0 Å². The van der Waals surface area contributed by atoms with Gasteiger partial charge in [-0.25, -0.2) is 4.79 Å². The van der Waals surface area contributed by atoms with E-state index in [0.717, 1.165) is 38.5 Å². The van der Waals surface area contributed by atoms with E-state index in [4.69, 9.17) is 9.84 Å². The van der Waals surface area contributed by atoms with Crippen molar-refractivity contribution in [1.82, 2.24) is 5.32 Å². The first-order chi connectivity index (χ1) is 8.99. The first-order valence-electron chi connectivity index (χ1n) is 7.02. The molecule has 0 heterocycles. The zero-order valence-corrected chi connectivity index (χ0v) is 11.9. The van der Waals surface area contributed by atoms with Gasteiger partial charge < -0.3 is 15.2 Å². The Bertz CT molecular complexity index is 309. The fourth-order valence-corrected chi connectivity index (χ4v) is 2.56. The Hall–Kier alpha value is -1.10. The third kappa shape index (κ3) is 4.82. The number of carbonyl (C=O) groups is 2. The lowest BCUT2D eigenvalue weighted by Crippen LogP contribution is -2.47. The molecule has 1 aliphatic rings. The maximum atomic E-state index is 12.3. The van der Waals surface area contributed by atoms with Gasteiger partial charge in [-0.2, -0.15) is 0 Å². The van der Waals surface area contributed by atoms with Gasteiger partial charge >= 0.3 is 5.97 Å². The summed E-state index contributed by atoms with van der Waals surface area (Å²) in [6.07, 6.45) is 6.39. The van der Waals surface area contributed by atoms with E-state index < -0.39 is 17.4 Å². The molecular formula is C14H25NO4. The number of rotatable bonds is 6. The number of nitrogens with one attached hydrogen (secondary N) is 1. The average Bonchev–Trinajstić information content (AvgIpc) is 2.59. The zero-order valence-electron chi connectivity index (χ0n) is 11.9. The Morgan fingerprint density at radius 2 is 1.84 bits per heavy atom. The van der Waals surface area contributed by atoms with Gasteiger partial charge in [0.05, 0.1) is 0 Å². The van der Waals surface area contributed by atoms with Crippen molar-refractivity contribution in [2.45, 2.75) is 57.9 Å². The van der Waals surface area contributed by atoms with Crippen molar-refractivity contribution in [3.63, 3.8) is 0 Å². The Labute approximate surface area is 114 Å². The summed E-state index contributed by atoms with van der Waals surface area (Å²) in [5.74, 6) is -1.12. The molecule has 5 nitrogen and oxygen atoms in total. The largest absolute Gasteiger partial charge is 0.480 e. The predicted octanol–water partition coefficient (Wildman–Crippen LogP) is 1.95. The number of hydrogen-bond donors (Lipinski definition) is 2. The van der Waals surface area contributed by atoms with Crippen molar-refractivity contribution < 1.29 is 19.4 Å². The number of hydrogen-bond acceptors (Lipinski definition) is 3. The minimum Gasteiger partial charge on any atom is -0.480 e. The van der Waals surface area contributed by atoms with Gasteiger partial charge in [-0.1, -0.05) is 32.6 Å². The lowest BCUT2D eigenvalue weighted by molar-refractivity contribution is -0.144. The first-order valence-corrected chi connectivity index (χ1v) is 7.02. The minimum atomic E-state index is -0.998. The number of ether oxygens (including phenoxy) is 1. The molecule has 1 saturated carbocycles. The van der Waals surface area contributed by atoms with Gasteiger partial charge in [0.15, 0.2) is 0 Å². The third-order valence-electron chi connectivity index (χ3n) is 3.97. The number of carbonyl (C=O) groups excluding carboxylic acids is 1. The van der Waals surface area contributed by atoms with Crippen LogP contribution >= 0.6 is 0 Å². The van der Waals surface area contributed by atoms with Crippen LogP contribution in [0.15, 0.2) is 0 Å². The first kappa shape index (κ1) is 16.0. The molecule has 1 amide bonds. The van der Waals surface area contributed by atoms with Crippen LogP contribution in [-0.4, -0.2) is 36.7 Å². The highest BCUT2D eigenvalue weighted by Crippen LogP contribution is 2.34. The van der Waals surface area contributed by atoms with Crippen molar-refractivity contribution in [3.05, 3.63) is 0 Å². The van der Waals surface area contributed by atoms with Gasteiger partial charge in [-0.05, 0) is 12.8 Å². The predicted molar refractivity (Wildman–Crippen MR) is 71.9 cm³/mol. The summed E-state index contributed by atoms with van der Waals surface area (Å²) < 4.78 is 4.88. The molecule has 5 heteroatoms. The SMILES string of the molecule is COCCC(NC(=O)C1(C)CCCCCC1)C(=O)O. The van der Waals surface area contributed by atoms with Crippen molar-refractivity contribution in [2.24, 2.45) is 5.41 Å².